The number of amidine groups is 1. The first-order chi connectivity index (χ1) is 22.5. The number of rotatable bonds is 17. The molecule has 47 heavy (non-hydrogen) atoms. The second kappa shape index (κ2) is 16.6. The quantitative estimate of drug-likeness (QED) is 0.0534. The van der Waals surface area contributed by atoms with Gasteiger partial charge in [-0.2, -0.15) is 0 Å². The van der Waals surface area contributed by atoms with Crippen LogP contribution in [0.3, 0.4) is 0 Å². The van der Waals surface area contributed by atoms with Crippen molar-refractivity contribution in [3.63, 3.8) is 0 Å². The number of carbonyl (C=O) groups is 2. The summed E-state index contributed by atoms with van der Waals surface area (Å²) in [4.78, 5) is 32.5. The lowest BCUT2D eigenvalue weighted by Gasteiger charge is -2.44. The molecule has 252 valence electrons. The molecule has 8 heteroatoms. The average molecular weight is 658 g/mol. The number of nitrogens with zero attached hydrogens (tertiary/aromatic N) is 1. The fraction of sp³-hybridized carbons (Fsp3) is 0.462. The molecule has 1 fully saturated rings. The van der Waals surface area contributed by atoms with Gasteiger partial charge in [0.05, 0.1) is 41.3 Å². The average Bonchev–Trinajstić information content (AvgIpc) is 3.04. The number of hydrogen-bond acceptors (Lipinski definition) is 7. The summed E-state index contributed by atoms with van der Waals surface area (Å²) in [5.41, 5.74) is 8.13. The van der Waals surface area contributed by atoms with E-state index in [-0.39, 0.29) is 23.7 Å². The molecule has 4 rings (SSSR count). The topological polar surface area (TPSA) is 103 Å². The molecule has 0 saturated carbocycles. The molecule has 0 aromatic heterocycles. The first-order valence-electron chi connectivity index (χ1n) is 16.7. The fourth-order valence-corrected chi connectivity index (χ4v) is 7.56. The van der Waals surface area contributed by atoms with E-state index in [0.29, 0.717) is 44.2 Å². The van der Waals surface area contributed by atoms with Gasteiger partial charge in [-0.05, 0) is 63.6 Å². The van der Waals surface area contributed by atoms with E-state index in [9.17, 15) is 9.59 Å². The van der Waals surface area contributed by atoms with Crippen LogP contribution in [0.15, 0.2) is 96.0 Å². The molecule has 0 radical (unpaired) electrons. The van der Waals surface area contributed by atoms with Crippen LogP contribution in [-0.2, 0) is 23.8 Å². The molecule has 2 atom stereocenters. The number of thioether (sulfide) groups is 1. The maximum atomic E-state index is 14.2. The van der Waals surface area contributed by atoms with Crippen molar-refractivity contribution in [3.8, 4) is 0 Å². The number of Topliss-reactive ketones (excluding diaryl/α,β-unsaturated/α-hetero) is 1. The summed E-state index contributed by atoms with van der Waals surface area (Å²) in [7, 11) is 0. The highest BCUT2D eigenvalue weighted by molar-refractivity contribution is 8.00. The van der Waals surface area contributed by atoms with Crippen molar-refractivity contribution in [1.82, 2.24) is 5.32 Å². The Morgan fingerprint density at radius 2 is 1.45 bits per heavy atom. The van der Waals surface area contributed by atoms with Crippen LogP contribution >= 0.6 is 11.8 Å². The molecule has 0 aliphatic carbocycles. The van der Waals surface area contributed by atoms with Crippen LogP contribution in [0.25, 0.3) is 0 Å². The molecule has 0 amide bonds. The van der Waals surface area contributed by atoms with Crippen LogP contribution in [0, 0.1) is 5.92 Å². The van der Waals surface area contributed by atoms with Crippen molar-refractivity contribution >= 4 is 29.4 Å². The number of hydrogen-bond donors (Lipinski definition) is 2. The Morgan fingerprint density at radius 1 is 0.936 bits per heavy atom. The van der Waals surface area contributed by atoms with Crippen molar-refractivity contribution in [2.24, 2.45) is 16.6 Å². The lowest BCUT2D eigenvalue weighted by Crippen LogP contribution is -2.64. The van der Waals surface area contributed by atoms with Crippen LogP contribution in [0.2, 0.25) is 0 Å². The van der Waals surface area contributed by atoms with Gasteiger partial charge < -0.3 is 15.2 Å². The Bertz CT molecular complexity index is 1350. The van der Waals surface area contributed by atoms with E-state index in [1.54, 1.807) is 18.7 Å². The van der Waals surface area contributed by atoms with Crippen molar-refractivity contribution in [2.75, 3.05) is 25.5 Å². The molecule has 3 N–H and O–H groups in total. The molecule has 1 saturated heterocycles. The van der Waals surface area contributed by atoms with Crippen LogP contribution in [-0.4, -0.2) is 60.3 Å². The molecule has 1 aliphatic rings. The number of ether oxygens (including phenoxy) is 2. The van der Waals surface area contributed by atoms with E-state index in [4.69, 9.17) is 15.2 Å². The van der Waals surface area contributed by atoms with Gasteiger partial charge in [0.1, 0.15) is 5.60 Å². The third-order valence-electron chi connectivity index (χ3n) is 8.54. The Morgan fingerprint density at radius 3 is 1.85 bits per heavy atom. The number of ketones is 1. The lowest BCUT2D eigenvalue weighted by molar-refractivity contribution is -0.160. The zero-order valence-electron chi connectivity index (χ0n) is 28.5. The first-order valence-corrected chi connectivity index (χ1v) is 17.6. The minimum atomic E-state index is -0.691. The molecule has 7 nitrogen and oxygen atoms in total. The van der Waals surface area contributed by atoms with Gasteiger partial charge in [-0.1, -0.05) is 97.9 Å². The normalized spacial score (nSPS) is 16.1. The van der Waals surface area contributed by atoms with Gasteiger partial charge in [0.25, 0.3) is 0 Å². The minimum absolute atomic E-state index is 0.000586. The van der Waals surface area contributed by atoms with Gasteiger partial charge in [0, 0.05) is 18.7 Å². The number of aliphatic imine (C=N–C) groups is 1. The Kier molecular flexibility index (Phi) is 12.8. The van der Waals surface area contributed by atoms with Gasteiger partial charge >= 0.3 is 5.97 Å². The summed E-state index contributed by atoms with van der Waals surface area (Å²) in [5, 5.41) is 3.63. The molecule has 3 aromatic carbocycles. The van der Waals surface area contributed by atoms with Crippen LogP contribution < -0.4 is 11.1 Å². The fourth-order valence-electron chi connectivity index (χ4n) is 5.95. The number of carbonyl (C=O) groups excluding carboxylic acids is 2. The zero-order valence-corrected chi connectivity index (χ0v) is 29.4. The standard InChI is InChI=1S/C39H51N3O4S/c1-6-38(27-45-28-38)42-34(23-16-24-41-29(2)40)35(43)25-30(36(44)46-37(3,4)5)26-47-39(31-17-10-7-11-18-31,32-19-12-8-13-20-32)33-21-14-9-15-22-33/h7-15,17-22,30,34,42H,6,16,23-28H2,1-5H3,(H2,40,41)/t30-,34-/m0/s1. The molecular formula is C39H51N3O4S. The minimum Gasteiger partial charge on any atom is -0.460 e. The van der Waals surface area contributed by atoms with Crippen molar-refractivity contribution in [2.45, 2.75) is 82.2 Å². The van der Waals surface area contributed by atoms with Gasteiger partial charge in [-0.3, -0.25) is 19.9 Å². The zero-order chi connectivity index (χ0) is 33.9. The van der Waals surface area contributed by atoms with Gasteiger partial charge in [-0.15, -0.1) is 11.8 Å². The van der Waals surface area contributed by atoms with Crippen LogP contribution in [0.4, 0.5) is 0 Å². The molecule has 0 unspecified atom stereocenters. The van der Waals surface area contributed by atoms with Gasteiger partial charge in [0.15, 0.2) is 5.78 Å². The molecule has 3 aromatic rings. The summed E-state index contributed by atoms with van der Waals surface area (Å²) in [6.45, 7) is 11.1. The Labute approximate surface area is 285 Å². The highest BCUT2D eigenvalue weighted by Crippen LogP contribution is 2.49. The third kappa shape index (κ3) is 9.78. The second-order valence-electron chi connectivity index (χ2n) is 13.5. The summed E-state index contributed by atoms with van der Waals surface area (Å²) in [5.74, 6) is -0.116. The van der Waals surface area contributed by atoms with E-state index < -0.39 is 22.3 Å². The number of nitrogens with one attached hydrogen (secondary N) is 1. The number of benzene rings is 3. The van der Waals surface area contributed by atoms with E-state index in [1.165, 1.54) is 0 Å². The van der Waals surface area contributed by atoms with Crippen molar-refractivity contribution in [1.29, 1.82) is 0 Å². The maximum Gasteiger partial charge on any atom is 0.310 e. The SMILES string of the molecule is CCC1(N[C@@H](CCCN=C(C)N)C(=O)C[C@@H](CSC(c2ccccc2)(c2ccccc2)c2ccccc2)C(=O)OC(C)(C)C)COC1. The lowest BCUT2D eigenvalue weighted by atomic mass is 9.84. The van der Waals surface area contributed by atoms with Crippen molar-refractivity contribution in [3.05, 3.63) is 108 Å². The second-order valence-corrected chi connectivity index (χ2v) is 14.7. The largest absolute Gasteiger partial charge is 0.460 e. The van der Waals surface area contributed by atoms with Gasteiger partial charge in [0.2, 0.25) is 0 Å². The number of nitrogens with two attached hydrogens (primary N) is 1. The number of esters is 1. The maximum absolute atomic E-state index is 14.2. The van der Waals surface area contributed by atoms with E-state index in [1.807, 2.05) is 75.4 Å². The Hall–Kier alpha value is -3.46. The predicted octanol–water partition coefficient (Wildman–Crippen LogP) is 6.92. The van der Waals surface area contributed by atoms with E-state index in [2.05, 4.69) is 53.6 Å². The molecular weight excluding hydrogens is 607 g/mol. The summed E-state index contributed by atoms with van der Waals surface area (Å²) >= 11 is 1.68. The molecule has 0 spiro atoms. The molecule has 0 bridgehead atoms. The summed E-state index contributed by atoms with van der Waals surface area (Å²) in [6, 6.07) is 30.7. The highest BCUT2D eigenvalue weighted by atomic mass is 32.2. The first kappa shape index (κ1) is 36.4. The van der Waals surface area contributed by atoms with Crippen LogP contribution in [0.5, 0.6) is 0 Å². The van der Waals surface area contributed by atoms with E-state index >= 15 is 0 Å². The van der Waals surface area contributed by atoms with Gasteiger partial charge in [-0.25, -0.2) is 0 Å². The molecule has 1 aliphatic heterocycles. The monoisotopic (exact) mass is 657 g/mol. The van der Waals surface area contributed by atoms with E-state index in [0.717, 1.165) is 23.1 Å². The van der Waals surface area contributed by atoms with Crippen LogP contribution in [0.1, 0.15) is 77.0 Å². The predicted molar refractivity (Wildman–Crippen MR) is 193 cm³/mol. The summed E-state index contributed by atoms with van der Waals surface area (Å²) in [6.07, 6.45) is 2.20. The summed E-state index contributed by atoms with van der Waals surface area (Å²) < 4.78 is 10.9. The third-order valence-corrected chi connectivity index (χ3v) is 10.3. The van der Waals surface area contributed by atoms with Crippen molar-refractivity contribution < 1.29 is 19.1 Å². The Balaban J connectivity index is 1.69. The molecule has 1 heterocycles. The highest BCUT2D eigenvalue weighted by Gasteiger charge is 2.42. The smallest absolute Gasteiger partial charge is 0.310 e.